The Morgan fingerprint density at radius 1 is 1.07 bits per heavy atom. The summed E-state index contributed by atoms with van der Waals surface area (Å²) in [4.78, 5) is 26.4. The van der Waals surface area contributed by atoms with Crippen LogP contribution in [0.15, 0.2) is 64.0 Å². The highest BCUT2D eigenvalue weighted by molar-refractivity contribution is 5.80. The van der Waals surface area contributed by atoms with Gasteiger partial charge in [-0.2, -0.15) is 0 Å². The van der Waals surface area contributed by atoms with Crippen LogP contribution in [0.2, 0.25) is 0 Å². The number of hydrogen-bond acceptors (Lipinski definition) is 6. The van der Waals surface area contributed by atoms with Gasteiger partial charge >= 0.3 is 0 Å². The van der Waals surface area contributed by atoms with E-state index in [0.29, 0.717) is 22.1 Å². The number of aryl methyl sites for hydroxylation is 1. The molecule has 0 unspecified atom stereocenters. The highest BCUT2D eigenvalue weighted by atomic mass is 16.4. The Balaban J connectivity index is 2.20. The summed E-state index contributed by atoms with van der Waals surface area (Å²) < 4.78 is 5.96. The Kier molecular flexibility index (Phi) is 5.35. The van der Waals surface area contributed by atoms with Crippen molar-refractivity contribution in [2.24, 2.45) is 4.99 Å². The summed E-state index contributed by atoms with van der Waals surface area (Å²) in [6.07, 6.45) is -0.619. The molecule has 1 atom stereocenters. The zero-order valence-electron chi connectivity index (χ0n) is 14.7. The third-order valence-corrected chi connectivity index (χ3v) is 4.15. The molecule has 6 nitrogen and oxygen atoms in total. The molecular weight excluding hydrogens is 346 g/mol. The Hall–Kier alpha value is -3.41. The third-order valence-electron chi connectivity index (χ3n) is 4.15. The lowest BCUT2D eigenvalue weighted by Gasteiger charge is -2.14. The van der Waals surface area contributed by atoms with E-state index in [0.717, 1.165) is 11.1 Å². The van der Waals surface area contributed by atoms with Gasteiger partial charge in [-0.3, -0.25) is 4.99 Å². The van der Waals surface area contributed by atoms with Crippen molar-refractivity contribution in [3.05, 3.63) is 65.5 Å². The minimum absolute atomic E-state index is 0.204. The van der Waals surface area contributed by atoms with Crippen molar-refractivity contribution in [3.63, 3.8) is 0 Å². The Morgan fingerprint density at radius 2 is 1.81 bits per heavy atom. The second kappa shape index (κ2) is 7.86. The van der Waals surface area contributed by atoms with E-state index in [1.54, 1.807) is 12.1 Å². The van der Waals surface area contributed by atoms with E-state index >= 15 is 0 Å². The van der Waals surface area contributed by atoms with Crippen molar-refractivity contribution < 1.29 is 24.2 Å². The highest BCUT2D eigenvalue weighted by Crippen LogP contribution is 2.22. The van der Waals surface area contributed by atoms with Gasteiger partial charge < -0.3 is 24.2 Å². The predicted molar refractivity (Wildman–Crippen MR) is 95.0 cm³/mol. The minimum atomic E-state index is -1.43. The molecule has 2 aromatic carbocycles. The van der Waals surface area contributed by atoms with Crippen LogP contribution in [0.25, 0.3) is 22.3 Å². The monoisotopic (exact) mass is 363 g/mol. The molecule has 0 spiro atoms. The maximum Gasteiger partial charge on any atom is 0.136 e. The van der Waals surface area contributed by atoms with Gasteiger partial charge in [0.25, 0.3) is 0 Å². The molecule has 0 bridgehead atoms. The molecular formula is C21H17NO5-2. The fourth-order valence-electron chi connectivity index (χ4n) is 2.79. The lowest BCUT2D eigenvalue weighted by atomic mass is 10.1. The molecule has 6 heteroatoms. The average Bonchev–Trinajstić information content (AvgIpc) is 2.65. The normalized spacial score (nSPS) is 12.9. The highest BCUT2D eigenvalue weighted by Gasteiger charge is 2.11. The van der Waals surface area contributed by atoms with E-state index in [9.17, 15) is 19.8 Å². The van der Waals surface area contributed by atoms with E-state index in [4.69, 9.17) is 4.42 Å². The number of carbonyl (C=O) groups is 2. The van der Waals surface area contributed by atoms with Crippen molar-refractivity contribution in [2.75, 3.05) is 0 Å². The molecule has 0 saturated heterocycles. The molecule has 0 aliphatic heterocycles. The first-order chi connectivity index (χ1) is 12.9. The first-order valence-corrected chi connectivity index (χ1v) is 8.48. The number of aliphatic carboxylic acids is 2. The minimum Gasteiger partial charge on any atom is -0.550 e. The van der Waals surface area contributed by atoms with Gasteiger partial charge in [0.15, 0.2) is 0 Å². The van der Waals surface area contributed by atoms with Gasteiger partial charge in [0.1, 0.15) is 11.3 Å². The van der Waals surface area contributed by atoms with Crippen LogP contribution in [-0.2, 0) is 9.59 Å². The van der Waals surface area contributed by atoms with Crippen molar-refractivity contribution >= 4 is 22.9 Å². The van der Waals surface area contributed by atoms with E-state index < -0.39 is 24.4 Å². The molecule has 27 heavy (non-hydrogen) atoms. The summed E-state index contributed by atoms with van der Waals surface area (Å²) in [6.45, 7) is 1.90. The molecule has 0 N–H and O–H groups in total. The topological polar surface area (TPSA) is 106 Å². The maximum absolute atomic E-state index is 11.4. The molecule has 3 rings (SSSR count). The van der Waals surface area contributed by atoms with Crippen molar-refractivity contribution in [3.8, 4) is 11.3 Å². The van der Waals surface area contributed by atoms with Crippen LogP contribution in [0.1, 0.15) is 18.4 Å². The van der Waals surface area contributed by atoms with Gasteiger partial charge in [0, 0.05) is 23.0 Å². The number of carboxylic acid groups (broad SMARTS) is 2. The number of benzene rings is 2. The molecule has 1 heterocycles. The van der Waals surface area contributed by atoms with Gasteiger partial charge in [-0.15, -0.1) is 0 Å². The van der Waals surface area contributed by atoms with E-state index in [1.807, 2.05) is 49.4 Å². The second-order valence-electron chi connectivity index (χ2n) is 6.24. The summed E-state index contributed by atoms with van der Waals surface area (Å²) in [5, 5.41) is 23.2. The van der Waals surface area contributed by atoms with Gasteiger partial charge in [0.05, 0.1) is 17.4 Å². The number of rotatable bonds is 6. The molecule has 0 fully saturated rings. The van der Waals surface area contributed by atoms with Crippen LogP contribution < -0.4 is 15.6 Å². The number of hydrogen-bond donors (Lipinski definition) is 0. The van der Waals surface area contributed by atoms with Crippen molar-refractivity contribution in [1.82, 2.24) is 0 Å². The Morgan fingerprint density at radius 3 is 2.48 bits per heavy atom. The molecule has 138 valence electrons. The van der Waals surface area contributed by atoms with Crippen LogP contribution >= 0.6 is 0 Å². The molecule has 1 aromatic heterocycles. The van der Waals surface area contributed by atoms with Gasteiger partial charge in [-0.1, -0.05) is 42.0 Å². The predicted octanol–water partition coefficient (Wildman–Crippen LogP) is 0.958. The lowest BCUT2D eigenvalue weighted by Crippen LogP contribution is -2.37. The van der Waals surface area contributed by atoms with Crippen LogP contribution in [0.4, 0.5) is 0 Å². The summed E-state index contributed by atoms with van der Waals surface area (Å²) in [7, 11) is 0. The van der Waals surface area contributed by atoms with Gasteiger partial charge in [-0.05, 0) is 31.9 Å². The first-order valence-electron chi connectivity index (χ1n) is 8.48. The fraction of sp³-hybridized carbons (Fsp3) is 0.190. The second-order valence-corrected chi connectivity index (χ2v) is 6.24. The molecule has 0 aliphatic carbocycles. The van der Waals surface area contributed by atoms with Gasteiger partial charge in [-0.25, -0.2) is 0 Å². The molecule has 0 radical (unpaired) electrons. The summed E-state index contributed by atoms with van der Waals surface area (Å²) >= 11 is 0. The quantitative estimate of drug-likeness (QED) is 0.648. The van der Waals surface area contributed by atoms with E-state index in [-0.39, 0.29) is 6.42 Å². The molecule has 0 saturated carbocycles. The van der Waals surface area contributed by atoms with Crippen molar-refractivity contribution in [2.45, 2.75) is 25.8 Å². The smallest absolute Gasteiger partial charge is 0.136 e. The summed E-state index contributed by atoms with van der Waals surface area (Å²) in [5.74, 6) is -2.23. The van der Waals surface area contributed by atoms with Crippen molar-refractivity contribution in [1.29, 1.82) is 0 Å². The Bertz CT molecular complexity index is 1050. The molecule has 3 aromatic rings. The average molecular weight is 363 g/mol. The van der Waals surface area contributed by atoms with Crippen LogP contribution in [0.5, 0.6) is 0 Å². The number of fused-ring (bicyclic) bond motifs is 1. The zero-order chi connectivity index (χ0) is 19.4. The number of carboxylic acids is 2. The largest absolute Gasteiger partial charge is 0.550 e. The van der Waals surface area contributed by atoms with E-state index in [2.05, 4.69) is 4.99 Å². The number of nitrogens with zero attached hydrogens (tertiary/aromatic N) is 1. The first kappa shape index (κ1) is 18.4. The summed E-state index contributed by atoms with van der Waals surface area (Å²) in [5.41, 5.74) is 2.33. The lowest BCUT2D eigenvalue weighted by molar-refractivity contribution is -0.309. The van der Waals surface area contributed by atoms with Crippen LogP contribution in [0, 0.1) is 6.92 Å². The third kappa shape index (κ3) is 4.41. The summed E-state index contributed by atoms with van der Waals surface area (Å²) in [6, 6.07) is 15.2. The number of carbonyl (C=O) groups excluding carboxylic acids is 2. The fourth-order valence-corrected chi connectivity index (χ4v) is 2.79. The molecule has 0 aliphatic rings. The Labute approximate surface area is 155 Å². The SMILES string of the molecule is Cc1ccc2oc(-c3ccccc3)cc(=N[C@@H](CCC(=O)[O-])C(=O)[O-])c2c1. The maximum atomic E-state index is 11.4. The standard InChI is InChI=1S/C21H19NO5/c1-13-7-9-18-15(11-13)17(22-16(21(25)26)8-10-20(23)24)12-19(27-18)14-5-3-2-4-6-14/h2-7,9,11-12,16H,8,10H2,1H3,(H,23,24)(H,25,26)/p-2/t16-/m0/s1. The molecule has 0 amide bonds. The zero-order valence-corrected chi connectivity index (χ0v) is 14.7. The van der Waals surface area contributed by atoms with Gasteiger partial charge in [0.2, 0.25) is 0 Å². The van der Waals surface area contributed by atoms with Crippen LogP contribution in [0.3, 0.4) is 0 Å². The van der Waals surface area contributed by atoms with Crippen LogP contribution in [-0.4, -0.2) is 18.0 Å². The van der Waals surface area contributed by atoms with E-state index in [1.165, 1.54) is 0 Å².